The van der Waals surface area contributed by atoms with Gasteiger partial charge in [0.1, 0.15) is 18.3 Å². The molecule has 0 bridgehead atoms. The summed E-state index contributed by atoms with van der Waals surface area (Å²) in [4.78, 5) is 0. The van der Waals surface area contributed by atoms with E-state index in [-0.39, 0.29) is 0 Å². The zero-order chi connectivity index (χ0) is 10.4. The molecule has 1 heterocycles. The highest BCUT2D eigenvalue weighted by Gasteiger charge is 2.10. The SMILES string of the molecule is CCCCCn1cc[n+](CSC)c1C. The molecule has 1 aromatic heterocycles. The van der Waals surface area contributed by atoms with Crippen LogP contribution < -0.4 is 4.57 Å². The van der Waals surface area contributed by atoms with Crippen LogP contribution in [0.2, 0.25) is 0 Å². The van der Waals surface area contributed by atoms with Crippen LogP contribution in [0.1, 0.15) is 32.0 Å². The van der Waals surface area contributed by atoms with Crippen LogP contribution in [-0.2, 0) is 12.4 Å². The standard InChI is InChI=1S/C11H21N2S/c1-4-5-6-7-12-8-9-13(10-14-3)11(12)2/h8-9H,4-7,10H2,1-3H3/q+1. The predicted octanol–water partition coefficient (Wildman–Crippen LogP) is 2.59. The Morgan fingerprint density at radius 2 is 2.21 bits per heavy atom. The van der Waals surface area contributed by atoms with Crippen LogP contribution in [-0.4, -0.2) is 10.8 Å². The van der Waals surface area contributed by atoms with Crippen LogP contribution in [0.4, 0.5) is 0 Å². The van der Waals surface area contributed by atoms with Gasteiger partial charge in [-0.15, -0.1) is 11.8 Å². The largest absolute Gasteiger partial charge is 0.253 e. The highest BCUT2D eigenvalue weighted by atomic mass is 32.2. The average molecular weight is 213 g/mol. The fourth-order valence-electron chi connectivity index (χ4n) is 1.59. The summed E-state index contributed by atoms with van der Waals surface area (Å²) in [6.07, 6.45) is 10.4. The summed E-state index contributed by atoms with van der Waals surface area (Å²) in [6, 6.07) is 0. The van der Waals surface area contributed by atoms with E-state index in [1.807, 2.05) is 11.8 Å². The number of thioether (sulfide) groups is 1. The summed E-state index contributed by atoms with van der Waals surface area (Å²) in [6.45, 7) is 5.61. The number of hydrogen-bond acceptors (Lipinski definition) is 1. The Kier molecular flexibility index (Phi) is 5.09. The molecule has 0 unspecified atom stereocenters. The van der Waals surface area contributed by atoms with Crippen molar-refractivity contribution in [2.75, 3.05) is 6.26 Å². The van der Waals surface area contributed by atoms with E-state index >= 15 is 0 Å². The molecule has 0 fully saturated rings. The topological polar surface area (TPSA) is 8.81 Å². The lowest BCUT2D eigenvalue weighted by Crippen LogP contribution is -2.33. The highest BCUT2D eigenvalue weighted by molar-refractivity contribution is 7.97. The summed E-state index contributed by atoms with van der Waals surface area (Å²) in [5.41, 5.74) is 0. The minimum atomic E-state index is 1.06. The first kappa shape index (κ1) is 11.6. The van der Waals surface area contributed by atoms with E-state index in [2.05, 4.69) is 41.6 Å². The van der Waals surface area contributed by atoms with Gasteiger partial charge >= 0.3 is 0 Å². The monoisotopic (exact) mass is 213 g/mol. The number of aryl methyl sites for hydroxylation is 1. The fraction of sp³-hybridized carbons (Fsp3) is 0.727. The first-order chi connectivity index (χ1) is 6.79. The fourth-order valence-corrected chi connectivity index (χ4v) is 2.14. The van der Waals surface area contributed by atoms with Gasteiger partial charge in [0.25, 0.3) is 5.82 Å². The Morgan fingerprint density at radius 1 is 1.43 bits per heavy atom. The molecule has 0 aromatic carbocycles. The maximum absolute atomic E-state index is 2.35. The third-order valence-electron chi connectivity index (χ3n) is 2.53. The van der Waals surface area contributed by atoms with Gasteiger partial charge in [0.05, 0.1) is 6.54 Å². The first-order valence-corrected chi connectivity index (χ1v) is 6.73. The summed E-state index contributed by atoms with van der Waals surface area (Å²) in [7, 11) is 0. The van der Waals surface area contributed by atoms with Crippen molar-refractivity contribution < 1.29 is 4.57 Å². The molecule has 0 atom stereocenters. The van der Waals surface area contributed by atoms with E-state index in [1.165, 1.54) is 31.6 Å². The number of rotatable bonds is 6. The van der Waals surface area contributed by atoms with Crippen molar-refractivity contribution in [3.63, 3.8) is 0 Å². The van der Waals surface area contributed by atoms with Crippen molar-refractivity contribution in [1.29, 1.82) is 0 Å². The van der Waals surface area contributed by atoms with Crippen LogP contribution in [0.3, 0.4) is 0 Å². The minimum Gasteiger partial charge on any atom is -0.234 e. The normalized spacial score (nSPS) is 10.8. The van der Waals surface area contributed by atoms with E-state index in [0.717, 1.165) is 5.88 Å². The van der Waals surface area contributed by atoms with Gasteiger partial charge in [-0.1, -0.05) is 13.3 Å². The number of hydrogen-bond donors (Lipinski definition) is 0. The van der Waals surface area contributed by atoms with E-state index in [4.69, 9.17) is 0 Å². The summed E-state index contributed by atoms with van der Waals surface area (Å²) >= 11 is 1.86. The summed E-state index contributed by atoms with van der Waals surface area (Å²) in [5, 5.41) is 0. The Bertz CT molecular complexity index is 268. The average Bonchev–Trinajstić information content (AvgIpc) is 2.51. The van der Waals surface area contributed by atoms with Crippen molar-refractivity contribution in [2.45, 2.75) is 45.5 Å². The second kappa shape index (κ2) is 6.12. The molecule has 0 saturated heterocycles. The molecule has 0 spiro atoms. The smallest absolute Gasteiger partial charge is 0.234 e. The highest BCUT2D eigenvalue weighted by Crippen LogP contribution is 2.02. The number of nitrogens with zero attached hydrogens (tertiary/aromatic N) is 2. The lowest BCUT2D eigenvalue weighted by atomic mass is 10.2. The maximum atomic E-state index is 2.35. The van der Waals surface area contributed by atoms with Crippen molar-refractivity contribution in [3.8, 4) is 0 Å². The number of unbranched alkanes of at least 4 members (excludes halogenated alkanes) is 2. The third kappa shape index (κ3) is 3.05. The van der Waals surface area contributed by atoms with Crippen LogP contribution >= 0.6 is 11.8 Å². The van der Waals surface area contributed by atoms with Gasteiger partial charge in [-0.05, 0) is 19.1 Å². The molecule has 0 aliphatic heterocycles. The lowest BCUT2D eigenvalue weighted by molar-refractivity contribution is -0.681. The van der Waals surface area contributed by atoms with Gasteiger partial charge in [-0.25, -0.2) is 9.13 Å². The van der Waals surface area contributed by atoms with Crippen LogP contribution in [0, 0.1) is 6.92 Å². The zero-order valence-corrected chi connectivity index (χ0v) is 10.3. The molecule has 0 radical (unpaired) electrons. The molecular weight excluding hydrogens is 192 g/mol. The number of aromatic nitrogens is 2. The molecule has 2 nitrogen and oxygen atoms in total. The summed E-state index contributed by atoms with van der Waals surface area (Å²) in [5.74, 6) is 2.43. The molecule has 0 aliphatic carbocycles. The molecule has 80 valence electrons. The van der Waals surface area contributed by atoms with Gasteiger partial charge in [0, 0.05) is 6.92 Å². The Morgan fingerprint density at radius 3 is 2.86 bits per heavy atom. The molecule has 0 amide bonds. The van der Waals surface area contributed by atoms with E-state index < -0.39 is 0 Å². The Hall–Kier alpha value is -0.440. The molecule has 1 rings (SSSR count). The molecule has 14 heavy (non-hydrogen) atoms. The molecule has 3 heteroatoms. The molecular formula is C11H21N2S+. The Balaban J connectivity index is 2.51. The number of imidazole rings is 1. The van der Waals surface area contributed by atoms with Crippen LogP contribution in [0.15, 0.2) is 12.4 Å². The first-order valence-electron chi connectivity index (χ1n) is 5.33. The molecule has 0 N–H and O–H groups in total. The zero-order valence-electron chi connectivity index (χ0n) is 9.49. The molecule has 1 aromatic rings. The summed E-state index contributed by atoms with van der Waals surface area (Å²) < 4.78 is 4.66. The Labute approximate surface area is 91.3 Å². The second-order valence-corrected chi connectivity index (χ2v) is 4.47. The van der Waals surface area contributed by atoms with E-state index in [1.54, 1.807) is 0 Å². The van der Waals surface area contributed by atoms with E-state index in [9.17, 15) is 0 Å². The van der Waals surface area contributed by atoms with Gasteiger partial charge < -0.3 is 0 Å². The predicted molar refractivity (Wildman–Crippen MR) is 62.4 cm³/mol. The minimum absolute atomic E-state index is 1.06. The van der Waals surface area contributed by atoms with E-state index in [0.29, 0.717) is 0 Å². The van der Waals surface area contributed by atoms with Gasteiger partial charge in [-0.3, -0.25) is 0 Å². The van der Waals surface area contributed by atoms with Gasteiger partial charge in [0.2, 0.25) is 0 Å². The van der Waals surface area contributed by atoms with Crippen molar-refractivity contribution in [1.82, 2.24) is 4.57 Å². The second-order valence-electron chi connectivity index (χ2n) is 3.63. The molecule has 0 aliphatic rings. The van der Waals surface area contributed by atoms with Crippen LogP contribution in [0.25, 0.3) is 0 Å². The lowest BCUT2D eigenvalue weighted by Gasteiger charge is -1.99. The molecule has 0 saturated carbocycles. The van der Waals surface area contributed by atoms with Crippen molar-refractivity contribution in [3.05, 3.63) is 18.2 Å². The van der Waals surface area contributed by atoms with Crippen molar-refractivity contribution >= 4 is 11.8 Å². The maximum Gasteiger partial charge on any atom is 0.253 e. The quantitative estimate of drug-likeness (QED) is 0.521. The third-order valence-corrected chi connectivity index (χ3v) is 3.06. The van der Waals surface area contributed by atoms with Crippen molar-refractivity contribution in [2.24, 2.45) is 0 Å². The van der Waals surface area contributed by atoms with Crippen LogP contribution in [0.5, 0.6) is 0 Å². The van der Waals surface area contributed by atoms with Gasteiger partial charge in [-0.2, -0.15) is 0 Å². The van der Waals surface area contributed by atoms with Gasteiger partial charge in [0.15, 0.2) is 0 Å².